The molecule has 6 nitrogen and oxygen atoms in total. The molecule has 3 rings (SSSR count). The number of ether oxygens (including phenoxy) is 1. The van der Waals surface area contributed by atoms with E-state index in [0.29, 0.717) is 5.75 Å². The molecule has 27 heavy (non-hydrogen) atoms. The van der Waals surface area contributed by atoms with E-state index in [1.165, 1.54) is 6.92 Å². The second-order valence-corrected chi connectivity index (χ2v) is 7.50. The fraction of sp³-hybridized carbons (Fsp3) is 0.105. The zero-order valence-electron chi connectivity index (χ0n) is 14.3. The molecular weight excluding hydrogens is 371 g/mol. The number of rotatable bonds is 6. The van der Waals surface area contributed by atoms with E-state index in [0.717, 1.165) is 35.0 Å². The number of hydrogen-bond donors (Lipinski definition) is 2. The lowest BCUT2D eigenvalue weighted by atomic mass is 10.1. The van der Waals surface area contributed by atoms with Crippen LogP contribution < -0.4 is 15.0 Å². The van der Waals surface area contributed by atoms with Crippen LogP contribution in [0, 0.1) is 5.82 Å². The maximum atomic E-state index is 12.9. The average molecular weight is 388 g/mol. The monoisotopic (exact) mass is 388 g/mol. The van der Waals surface area contributed by atoms with Crippen molar-refractivity contribution >= 4 is 26.7 Å². The van der Waals surface area contributed by atoms with Gasteiger partial charge >= 0.3 is 0 Å². The maximum Gasteiger partial charge on any atom is 0.275 e. The third kappa shape index (κ3) is 4.60. The predicted octanol–water partition coefficient (Wildman–Crippen LogP) is 2.76. The number of fused-ring (bicyclic) bond motifs is 1. The van der Waals surface area contributed by atoms with E-state index >= 15 is 0 Å². The van der Waals surface area contributed by atoms with E-state index < -0.39 is 27.9 Å². The molecule has 0 aliphatic rings. The van der Waals surface area contributed by atoms with E-state index in [-0.39, 0.29) is 4.90 Å². The smallest absolute Gasteiger partial charge is 0.275 e. The van der Waals surface area contributed by atoms with E-state index in [1.807, 2.05) is 35.2 Å². The van der Waals surface area contributed by atoms with Gasteiger partial charge in [0, 0.05) is 0 Å². The molecule has 0 spiro atoms. The summed E-state index contributed by atoms with van der Waals surface area (Å²) in [6.07, 6.45) is -0.943. The molecule has 8 heteroatoms. The Morgan fingerprint density at radius 3 is 2.37 bits per heavy atom. The van der Waals surface area contributed by atoms with E-state index in [1.54, 1.807) is 12.1 Å². The summed E-state index contributed by atoms with van der Waals surface area (Å²) in [4.78, 5) is 13.9. The van der Waals surface area contributed by atoms with Crippen LogP contribution in [0.15, 0.2) is 71.6 Å². The lowest BCUT2D eigenvalue weighted by Crippen LogP contribution is -2.47. The molecule has 0 fully saturated rings. The molecule has 0 saturated carbocycles. The van der Waals surface area contributed by atoms with Gasteiger partial charge in [-0.2, -0.15) is 0 Å². The lowest BCUT2D eigenvalue weighted by Gasteiger charge is -2.15. The molecule has 0 aliphatic carbocycles. The number of amides is 1. The van der Waals surface area contributed by atoms with Gasteiger partial charge in [-0.05, 0) is 54.1 Å². The van der Waals surface area contributed by atoms with Crippen molar-refractivity contribution in [1.82, 2.24) is 10.3 Å². The molecule has 0 radical (unpaired) electrons. The minimum absolute atomic E-state index is 0.174. The summed E-state index contributed by atoms with van der Waals surface area (Å²) in [6.45, 7) is 1.50. The van der Waals surface area contributed by atoms with Gasteiger partial charge in [0.1, 0.15) is 11.6 Å². The Morgan fingerprint density at radius 1 is 1.00 bits per heavy atom. The van der Waals surface area contributed by atoms with E-state index in [2.05, 4.69) is 5.43 Å². The summed E-state index contributed by atoms with van der Waals surface area (Å²) in [7, 11) is -4.01. The van der Waals surface area contributed by atoms with Gasteiger partial charge in [-0.15, -0.1) is 4.83 Å². The van der Waals surface area contributed by atoms with Gasteiger partial charge in [-0.1, -0.05) is 30.3 Å². The number of hydrogen-bond acceptors (Lipinski definition) is 4. The number of hydrazine groups is 1. The van der Waals surface area contributed by atoms with Crippen LogP contribution in [-0.4, -0.2) is 20.4 Å². The maximum absolute atomic E-state index is 12.9. The molecule has 3 aromatic rings. The first-order valence-corrected chi connectivity index (χ1v) is 9.56. The second kappa shape index (κ2) is 7.73. The largest absolute Gasteiger partial charge is 0.481 e. The Balaban J connectivity index is 1.62. The highest BCUT2D eigenvalue weighted by Crippen LogP contribution is 2.21. The number of nitrogens with one attached hydrogen (secondary N) is 2. The van der Waals surface area contributed by atoms with Gasteiger partial charge in [0.25, 0.3) is 15.9 Å². The minimum atomic E-state index is -4.01. The van der Waals surface area contributed by atoms with Crippen molar-refractivity contribution in [3.8, 4) is 5.75 Å². The first-order chi connectivity index (χ1) is 12.8. The number of benzene rings is 3. The predicted molar refractivity (Wildman–Crippen MR) is 98.9 cm³/mol. The van der Waals surface area contributed by atoms with Crippen LogP contribution in [0.1, 0.15) is 6.92 Å². The van der Waals surface area contributed by atoms with Gasteiger partial charge in [0.05, 0.1) is 4.90 Å². The normalized spacial score (nSPS) is 12.5. The summed E-state index contributed by atoms with van der Waals surface area (Å²) >= 11 is 0. The van der Waals surface area contributed by atoms with Crippen molar-refractivity contribution in [2.75, 3.05) is 0 Å². The van der Waals surface area contributed by atoms with Crippen molar-refractivity contribution < 1.29 is 22.3 Å². The van der Waals surface area contributed by atoms with Crippen LogP contribution in [0.4, 0.5) is 4.39 Å². The topological polar surface area (TPSA) is 84.5 Å². The SMILES string of the molecule is C[C@@H](Oc1ccc2ccccc2c1)C(=O)NNS(=O)(=O)c1ccc(F)cc1. The molecule has 140 valence electrons. The highest BCUT2D eigenvalue weighted by atomic mass is 32.2. The van der Waals surface area contributed by atoms with Crippen LogP contribution in [0.2, 0.25) is 0 Å². The van der Waals surface area contributed by atoms with Crippen LogP contribution in [0.5, 0.6) is 5.75 Å². The summed E-state index contributed by atoms with van der Waals surface area (Å²) in [5.74, 6) is -0.748. The molecule has 2 N–H and O–H groups in total. The highest BCUT2D eigenvalue weighted by molar-refractivity contribution is 7.89. The van der Waals surface area contributed by atoms with Crippen molar-refractivity contribution in [3.05, 3.63) is 72.5 Å². The Bertz CT molecular complexity index is 1070. The van der Waals surface area contributed by atoms with Crippen molar-refractivity contribution in [2.24, 2.45) is 0 Å². The third-order valence-electron chi connectivity index (χ3n) is 3.84. The number of carbonyl (C=O) groups excluding carboxylic acids is 1. The van der Waals surface area contributed by atoms with Gasteiger partial charge in [-0.25, -0.2) is 12.8 Å². The Labute approximate surface area is 156 Å². The average Bonchev–Trinajstić information content (AvgIpc) is 2.66. The first kappa shape index (κ1) is 18.8. The molecule has 3 aromatic carbocycles. The quantitative estimate of drug-likeness (QED) is 0.636. The van der Waals surface area contributed by atoms with Crippen LogP contribution in [-0.2, 0) is 14.8 Å². The molecular formula is C19H17FN2O4S. The van der Waals surface area contributed by atoms with Crippen LogP contribution in [0.3, 0.4) is 0 Å². The van der Waals surface area contributed by atoms with Crippen LogP contribution >= 0.6 is 0 Å². The van der Waals surface area contributed by atoms with Gasteiger partial charge in [0.2, 0.25) is 0 Å². The van der Waals surface area contributed by atoms with E-state index in [4.69, 9.17) is 4.74 Å². The lowest BCUT2D eigenvalue weighted by molar-refractivity contribution is -0.127. The minimum Gasteiger partial charge on any atom is -0.481 e. The molecule has 0 bridgehead atoms. The Hall–Kier alpha value is -2.97. The van der Waals surface area contributed by atoms with Gasteiger partial charge < -0.3 is 4.74 Å². The number of sulfonamides is 1. The summed E-state index contributed by atoms with van der Waals surface area (Å²) in [5, 5.41) is 1.99. The number of carbonyl (C=O) groups is 1. The van der Waals surface area contributed by atoms with Crippen LogP contribution in [0.25, 0.3) is 10.8 Å². The molecule has 0 aromatic heterocycles. The molecule has 0 saturated heterocycles. The first-order valence-electron chi connectivity index (χ1n) is 8.08. The second-order valence-electron chi connectivity index (χ2n) is 5.82. The number of halogens is 1. The Kier molecular flexibility index (Phi) is 5.38. The zero-order valence-corrected chi connectivity index (χ0v) is 15.2. The third-order valence-corrected chi connectivity index (χ3v) is 5.10. The molecule has 0 aliphatic heterocycles. The molecule has 0 unspecified atom stereocenters. The summed E-state index contributed by atoms with van der Waals surface area (Å²) < 4.78 is 42.6. The van der Waals surface area contributed by atoms with E-state index in [9.17, 15) is 17.6 Å². The summed E-state index contributed by atoms with van der Waals surface area (Å²) in [5.41, 5.74) is 2.10. The molecule has 1 amide bonds. The highest BCUT2D eigenvalue weighted by Gasteiger charge is 2.19. The fourth-order valence-electron chi connectivity index (χ4n) is 2.39. The molecule has 1 atom stereocenters. The van der Waals surface area contributed by atoms with Gasteiger partial charge in [-0.3, -0.25) is 10.2 Å². The van der Waals surface area contributed by atoms with Crippen molar-refractivity contribution in [1.29, 1.82) is 0 Å². The van der Waals surface area contributed by atoms with Crippen molar-refractivity contribution in [2.45, 2.75) is 17.9 Å². The standard InChI is InChI=1S/C19H17FN2O4S/c1-13(26-17-9-6-14-4-2-3-5-15(14)12-17)19(23)21-22-27(24,25)18-10-7-16(20)8-11-18/h2-13,22H,1H3,(H,21,23)/t13-/m1/s1. The molecule has 0 heterocycles. The fourth-order valence-corrected chi connectivity index (χ4v) is 3.24. The summed E-state index contributed by atoms with van der Waals surface area (Å²) in [6, 6.07) is 17.3. The zero-order chi connectivity index (χ0) is 19.4. The van der Waals surface area contributed by atoms with Crippen molar-refractivity contribution in [3.63, 3.8) is 0 Å². The Morgan fingerprint density at radius 2 is 1.67 bits per heavy atom. The van der Waals surface area contributed by atoms with Gasteiger partial charge in [0.15, 0.2) is 6.10 Å².